The van der Waals surface area contributed by atoms with Crippen molar-refractivity contribution in [3.8, 4) is 5.75 Å². The van der Waals surface area contributed by atoms with E-state index in [0.29, 0.717) is 24.5 Å². The molecule has 2 atom stereocenters. The zero-order valence-corrected chi connectivity index (χ0v) is 16.6. The highest BCUT2D eigenvalue weighted by molar-refractivity contribution is 5.94. The molecular weight excluding hydrogens is 361 g/mol. The zero-order valence-electron chi connectivity index (χ0n) is 16.6. The number of halogens is 1. The van der Waals surface area contributed by atoms with Gasteiger partial charge in [0.1, 0.15) is 6.54 Å². The number of carbonyl (C=O) groups is 2. The average molecular weight is 388 g/mol. The van der Waals surface area contributed by atoms with Crippen LogP contribution in [0.1, 0.15) is 26.3 Å². The first-order valence-electron chi connectivity index (χ1n) is 9.19. The Bertz CT molecular complexity index is 824. The Labute approximate surface area is 164 Å². The number of benzene rings is 2. The fraction of sp³-hybridized carbons (Fsp3) is 0.333. The van der Waals surface area contributed by atoms with Crippen LogP contribution in [0.2, 0.25) is 0 Å². The lowest BCUT2D eigenvalue weighted by Crippen LogP contribution is -3.15. The molecule has 150 valence electrons. The molecule has 0 fully saturated rings. The molecule has 2 rings (SSSR count). The van der Waals surface area contributed by atoms with E-state index >= 15 is 0 Å². The summed E-state index contributed by atoms with van der Waals surface area (Å²) in [7, 11) is 1.43. The van der Waals surface area contributed by atoms with Gasteiger partial charge >= 0.3 is 0 Å². The molecule has 0 saturated heterocycles. The minimum Gasteiger partial charge on any atom is -0.494 e. The summed E-state index contributed by atoms with van der Waals surface area (Å²) < 4.78 is 18.9. The third-order valence-corrected chi connectivity index (χ3v) is 4.58. The summed E-state index contributed by atoms with van der Waals surface area (Å²) in [5, 5.41) is 5.57. The molecule has 2 aromatic rings. The van der Waals surface area contributed by atoms with Crippen LogP contribution in [-0.2, 0) is 16.1 Å². The van der Waals surface area contributed by atoms with Crippen molar-refractivity contribution in [1.82, 2.24) is 0 Å². The first-order chi connectivity index (χ1) is 13.3. The molecule has 0 aromatic heterocycles. The highest BCUT2D eigenvalue weighted by atomic mass is 19.1. The number of hydrogen-bond donors (Lipinski definition) is 3. The van der Waals surface area contributed by atoms with Crippen LogP contribution in [0.25, 0.3) is 0 Å². The standard InChI is InChI=1S/C21H26FN3O3/c1-5-25(13-16-6-11-20(28-4)19(22)12-16)14(2)21(27)24-18-9-7-17(8-10-18)23-15(3)26/h6-12,14H,5,13H2,1-4H3,(H,23,26)(H,24,27)/p+1/t14-/m1/s1. The van der Waals surface area contributed by atoms with Gasteiger partial charge in [0.25, 0.3) is 5.91 Å². The van der Waals surface area contributed by atoms with Crippen molar-refractivity contribution in [3.05, 3.63) is 53.8 Å². The van der Waals surface area contributed by atoms with Gasteiger partial charge in [-0.25, -0.2) is 4.39 Å². The van der Waals surface area contributed by atoms with Gasteiger partial charge < -0.3 is 20.3 Å². The summed E-state index contributed by atoms with van der Waals surface area (Å²) in [6, 6.07) is 11.5. The average Bonchev–Trinajstić information content (AvgIpc) is 2.66. The van der Waals surface area contributed by atoms with Crippen molar-refractivity contribution in [1.29, 1.82) is 0 Å². The van der Waals surface area contributed by atoms with E-state index in [1.165, 1.54) is 20.1 Å². The van der Waals surface area contributed by atoms with Crippen molar-refractivity contribution in [2.24, 2.45) is 0 Å². The van der Waals surface area contributed by atoms with Crippen molar-refractivity contribution < 1.29 is 23.6 Å². The second-order valence-electron chi connectivity index (χ2n) is 6.63. The maximum atomic E-state index is 13.9. The topological polar surface area (TPSA) is 71.9 Å². The van der Waals surface area contributed by atoms with Crippen LogP contribution in [0.3, 0.4) is 0 Å². The van der Waals surface area contributed by atoms with Crippen LogP contribution in [0.4, 0.5) is 15.8 Å². The van der Waals surface area contributed by atoms with Crippen LogP contribution in [-0.4, -0.2) is 31.5 Å². The van der Waals surface area contributed by atoms with Crippen molar-refractivity contribution in [2.45, 2.75) is 33.4 Å². The number of hydrogen-bond acceptors (Lipinski definition) is 3. The van der Waals surface area contributed by atoms with E-state index in [1.54, 1.807) is 30.3 Å². The predicted octanol–water partition coefficient (Wildman–Crippen LogP) is 2.22. The smallest absolute Gasteiger partial charge is 0.282 e. The van der Waals surface area contributed by atoms with Gasteiger partial charge in [-0.3, -0.25) is 9.59 Å². The monoisotopic (exact) mass is 388 g/mol. The van der Waals surface area contributed by atoms with E-state index < -0.39 is 5.82 Å². The number of nitrogens with one attached hydrogen (secondary N) is 3. The molecule has 0 aliphatic carbocycles. The summed E-state index contributed by atoms with van der Waals surface area (Å²) in [5.74, 6) is -0.484. The molecule has 0 spiro atoms. The first kappa shape index (κ1) is 21.4. The number of ether oxygens (including phenoxy) is 1. The van der Waals surface area contributed by atoms with Gasteiger partial charge in [0, 0.05) is 23.9 Å². The lowest BCUT2D eigenvalue weighted by Gasteiger charge is -2.24. The number of amides is 2. The van der Waals surface area contributed by atoms with Crippen molar-refractivity contribution in [2.75, 3.05) is 24.3 Å². The molecule has 28 heavy (non-hydrogen) atoms. The Kier molecular flexibility index (Phi) is 7.52. The van der Waals surface area contributed by atoms with Gasteiger partial charge in [0.05, 0.1) is 13.7 Å². The number of quaternary nitrogens is 1. The molecule has 1 unspecified atom stereocenters. The maximum absolute atomic E-state index is 13.9. The van der Waals surface area contributed by atoms with Crippen molar-refractivity contribution >= 4 is 23.2 Å². The summed E-state index contributed by atoms with van der Waals surface area (Å²) in [6.07, 6.45) is 0. The molecule has 0 radical (unpaired) electrons. The molecule has 2 aromatic carbocycles. The van der Waals surface area contributed by atoms with Gasteiger partial charge in [-0.1, -0.05) is 0 Å². The molecule has 0 saturated carbocycles. The highest BCUT2D eigenvalue weighted by Gasteiger charge is 2.24. The van der Waals surface area contributed by atoms with E-state index in [2.05, 4.69) is 10.6 Å². The second kappa shape index (κ2) is 9.85. The van der Waals surface area contributed by atoms with E-state index in [-0.39, 0.29) is 23.6 Å². The van der Waals surface area contributed by atoms with E-state index in [1.807, 2.05) is 19.9 Å². The minimum absolute atomic E-state index is 0.127. The van der Waals surface area contributed by atoms with Crippen LogP contribution in [0.5, 0.6) is 5.75 Å². The Morgan fingerprint density at radius 1 is 1.11 bits per heavy atom. The third-order valence-electron chi connectivity index (χ3n) is 4.58. The van der Waals surface area contributed by atoms with E-state index in [9.17, 15) is 14.0 Å². The predicted molar refractivity (Wildman–Crippen MR) is 107 cm³/mol. The first-order valence-corrected chi connectivity index (χ1v) is 9.19. The summed E-state index contributed by atoms with van der Waals surface area (Å²) >= 11 is 0. The van der Waals surface area contributed by atoms with Gasteiger partial charge in [-0.05, 0) is 56.3 Å². The summed E-state index contributed by atoms with van der Waals surface area (Å²) in [6.45, 7) is 6.51. The van der Waals surface area contributed by atoms with Gasteiger partial charge in [-0.2, -0.15) is 0 Å². The lowest BCUT2D eigenvalue weighted by molar-refractivity contribution is -0.925. The second-order valence-corrected chi connectivity index (χ2v) is 6.63. The Morgan fingerprint density at radius 3 is 2.21 bits per heavy atom. The van der Waals surface area contributed by atoms with E-state index in [0.717, 1.165) is 10.5 Å². The Morgan fingerprint density at radius 2 is 1.71 bits per heavy atom. The molecule has 7 heteroatoms. The summed E-state index contributed by atoms with van der Waals surface area (Å²) in [5.41, 5.74) is 2.12. The quantitative estimate of drug-likeness (QED) is 0.649. The number of carbonyl (C=O) groups excluding carboxylic acids is 2. The van der Waals surface area contributed by atoms with Crippen LogP contribution >= 0.6 is 0 Å². The molecule has 6 nitrogen and oxygen atoms in total. The Hall–Kier alpha value is -2.93. The molecule has 3 N–H and O–H groups in total. The van der Waals surface area contributed by atoms with Crippen LogP contribution in [0, 0.1) is 5.82 Å². The normalized spacial score (nSPS) is 12.8. The SMILES string of the molecule is CC[NH+](Cc1ccc(OC)c(F)c1)[C@H](C)C(=O)Nc1ccc(NC(C)=O)cc1. The molecule has 0 bridgehead atoms. The zero-order chi connectivity index (χ0) is 20.7. The molecule has 0 heterocycles. The Balaban J connectivity index is 2.01. The maximum Gasteiger partial charge on any atom is 0.282 e. The fourth-order valence-corrected chi connectivity index (χ4v) is 2.94. The molecular formula is C21H27FN3O3+. The van der Waals surface area contributed by atoms with Gasteiger partial charge in [0.2, 0.25) is 5.91 Å². The van der Waals surface area contributed by atoms with Gasteiger partial charge in [-0.15, -0.1) is 0 Å². The minimum atomic E-state index is -0.410. The largest absolute Gasteiger partial charge is 0.494 e. The number of likely N-dealkylation sites (N-methyl/N-ethyl adjacent to an activating group) is 1. The third kappa shape index (κ3) is 5.79. The van der Waals surface area contributed by atoms with Gasteiger partial charge in [0.15, 0.2) is 17.6 Å². The lowest BCUT2D eigenvalue weighted by atomic mass is 10.1. The molecule has 0 aliphatic heterocycles. The van der Waals surface area contributed by atoms with Crippen molar-refractivity contribution in [3.63, 3.8) is 0 Å². The molecule has 0 aliphatic rings. The number of rotatable bonds is 8. The number of anilines is 2. The van der Waals surface area contributed by atoms with E-state index in [4.69, 9.17) is 4.74 Å². The van der Waals surface area contributed by atoms with Crippen LogP contribution in [0.15, 0.2) is 42.5 Å². The number of methoxy groups -OCH3 is 1. The summed E-state index contributed by atoms with van der Waals surface area (Å²) in [4.78, 5) is 24.7. The highest BCUT2D eigenvalue weighted by Crippen LogP contribution is 2.17. The van der Waals surface area contributed by atoms with Crippen LogP contribution < -0.4 is 20.3 Å². The molecule has 2 amide bonds. The fourth-order valence-electron chi connectivity index (χ4n) is 2.94.